The molecule has 0 aliphatic rings. The van der Waals surface area contributed by atoms with Crippen LogP contribution in [-0.2, 0) is 12.4 Å². The number of alkyl halides is 6. The molecular formula is C17H10F6N2O2S. The molecule has 0 unspecified atom stereocenters. The van der Waals surface area contributed by atoms with Gasteiger partial charge in [-0.15, -0.1) is 11.3 Å². The average molecular weight is 420 g/mol. The van der Waals surface area contributed by atoms with Crippen LogP contribution in [0.1, 0.15) is 16.0 Å². The number of thiophene rings is 1. The lowest BCUT2D eigenvalue weighted by atomic mass is 10.2. The van der Waals surface area contributed by atoms with Gasteiger partial charge in [0.2, 0.25) is 0 Å². The Bertz CT molecular complexity index is 1010. The van der Waals surface area contributed by atoms with Crippen molar-refractivity contribution in [2.45, 2.75) is 19.3 Å². The van der Waals surface area contributed by atoms with Crippen molar-refractivity contribution in [3.8, 4) is 28.0 Å². The molecule has 0 bridgehead atoms. The van der Waals surface area contributed by atoms with Gasteiger partial charge in [-0.25, -0.2) is 4.98 Å². The van der Waals surface area contributed by atoms with E-state index in [-0.39, 0.29) is 16.1 Å². The highest BCUT2D eigenvalue weighted by atomic mass is 32.1. The Kier molecular flexibility index (Phi) is 4.96. The predicted molar refractivity (Wildman–Crippen MR) is 88.3 cm³/mol. The third-order valence-corrected chi connectivity index (χ3v) is 4.73. The first-order valence-corrected chi connectivity index (χ1v) is 8.35. The molecule has 148 valence electrons. The number of nitrogens with zero attached hydrogens (tertiary/aromatic N) is 2. The molecule has 0 saturated carbocycles. The van der Waals surface area contributed by atoms with E-state index in [0.29, 0.717) is 17.5 Å². The first-order chi connectivity index (χ1) is 13.0. The summed E-state index contributed by atoms with van der Waals surface area (Å²) in [5, 5.41) is 10.1. The van der Waals surface area contributed by atoms with Crippen LogP contribution in [0.4, 0.5) is 26.3 Å². The molecule has 0 atom stereocenters. The minimum Gasteiger partial charge on any atom is -0.503 e. The van der Waals surface area contributed by atoms with Gasteiger partial charge < -0.3 is 9.84 Å². The summed E-state index contributed by atoms with van der Waals surface area (Å²) in [5.74, 6) is -1.74. The lowest BCUT2D eigenvalue weighted by Gasteiger charge is -2.14. The molecule has 0 aliphatic carbocycles. The van der Waals surface area contributed by atoms with Crippen LogP contribution in [0.3, 0.4) is 0 Å². The number of pyridine rings is 2. The van der Waals surface area contributed by atoms with E-state index in [9.17, 15) is 31.4 Å². The molecule has 0 aliphatic heterocycles. The standard InChI is InChI=1S/C17H10F6N2O2S/c1-8-6-10(12-2-3-13(28-12)17(21,22)23)25-15(14(8)26)27-11-4-5-24-7-9(11)16(18,19)20/h2-7,26H,1H3. The molecule has 28 heavy (non-hydrogen) atoms. The molecule has 3 heterocycles. The van der Waals surface area contributed by atoms with Crippen molar-refractivity contribution < 1.29 is 36.2 Å². The second-order valence-corrected chi connectivity index (χ2v) is 6.70. The van der Waals surface area contributed by atoms with Crippen molar-refractivity contribution in [2.24, 2.45) is 0 Å². The topological polar surface area (TPSA) is 55.2 Å². The Hall–Kier alpha value is -2.82. The number of hydrogen-bond acceptors (Lipinski definition) is 5. The molecule has 0 fully saturated rings. The Morgan fingerprint density at radius 2 is 1.75 bits per heavy atom. The molecule has 0 aromatic carbocycles. The minimum absolute atomic E-state index is 0.0217. The monoisotopic (exact) mass is 420 g/mol. The van der Waals surface area contributed by atoms with E-state index in [0.717, 1.165) is 18.3 Å². The summed E-state index contributed by atoms with van der Waals surface area (Å²) >= 11 is 0.415. The van der Waals surface area contributed by atoms with Crippen molar-refractivity contribution >= 4 is 11.3 Å². The zero-order chi connectivity index (χ0) is 20.7. The summed E-state index contributed by atoms with van der Waals surface area (Å²) in [6, 6.07) is 4.31. The van der Waals surface area contributed by atoms with E-state index >= 15 is 0 Å². The van der Waals surface area contributed by atoms with Crippen LogP contribution in [-0.4, -0.2) is 15.1 Å². The van der Waals surface area contributed by atoms with Gasteiger partial charge in [0.25, 0.3) is 5.88 Å². The third-order valence-electron chi connectivity index (χ3n) is 3.58. The Labute approximate surface area is 158 Å². The fourth-order valence-corrected chi connectivity index (χ4v) is 3.08. The highest BCUT2D eigenvalue weighted by Gasteiger charge is 2.35. The second-order valence-electron chi connectivity index (χ2n) is 5.61. The number of rotatable bonds is 3. The lowest BCUT2D eigenvalue weighted by Crippen LogP contribution is -2.08. The van der Waals surface area contributed by atoms with Gasteiger partial charge in [0.1, 0.15) is 16.2 Å². The summed E-state index contributed by atoms with van der Waals surface area (Å²) < 4.78 is 82.8. The molecule has 0 saturated heterocycles. The largest absolute Gasteiger partial charge is 0.503 e. The number of aromatic hydroxyl groups is 1. The summed E-state index contributed by atoms with van der Waals surface area (Å²) in [6.07, 6.45) is -7.68. The van der Waals surface area contributed by atoms with Crippen LogP contribution in [0, 0.1) is 6.92 Å². The normalized spacial score (nSPS) is 12.2. The van der Waals surface area contributed by atoms with Gasteiger partial charge in [-0.2, -0.15) is 26.3 Å². The van der Waals surface area contributed by atoms with Gasteiger partial charge >= 0.3 is 12.4 Å². The van der Waals surface area contributed by atoms with E-state index in [1.54, 1.807) is 0 Å². The fourth-order valence-electron chi connectivity index (χ4n) is 2.25. The number of hydrogen-bond donors (Lipinski definition) is 1. The molecule has 4 nitrogen and oxygen atoms in total. The Balaban J connectivity index is 2.04. The molecular weight excluding hydrogens is 410 g/mol. The number of aromatic nitrogens is 2. The van der Waals surface area contributed by atoms with Crippen molar-refractivity contribution in [1.29, 1.82) is 0 Å². The van der Waals surface area contributed by atoms with Gasteiger partial charge in [-0.1, -0.05) is 0 Å². The maximum absolute atomic E-state index is 13.1. The lowest BCUT2D eigenvalue weighted by molar-refractivity contribution is -0.139. The molecule has 3 rings (SSSR count). The van der Waals surface area contributed by atoms with Crippen LogP contribution in [0.15, 0.2) is 36.7 Å². The Morgan fingerprint density at radius 1 is 1.04 bits per heavy atom. The summed E-state index contributed by atoms with van der Waals surface area (Å²) in [7, 11) is 0. The smallest absolute Gasteiger partial charge is 0.425 e. The molecule has 3 aromatic heterocycles. The van der Waals surface area contributed by atoms with Gasteiger partial charge in [0.15, 0.2) is 5.75 Å². The zero-order valence-corrected chi connectivity index (χ0v) is 14.7. The van der Waals surface area contributed by atoms with Gasteiger partial charge in [-0.3, -0.25) is 4.98 Å². The van der Waals surface area contributed by atoms with Crippen molar-refractivity contribution in [1.82, 2.24) is 9.97 Å². The van der Waals surface area contributed by atoms with Gasteiger partial charge in [0, 0.05) is 12.4 Å². The molecule has 0 amide bonds. The quantitative estimate of drug-likeness (QED) is 0.524. The van der Waals surface area contributed by atoms with E-state index in [1.807, 2.05) is 0 Å². The van der Waals surface area contributed by atoms with E-state index in [4.69, 9.17) is 4.74 Å². The molecule has 3 aromatic rings. The van der Waals surface area contributed by atoms with E-state index in [2.05, 4.69) is 9.97 Å². The first kappa shape index (κ1) is 19.9. The maximum atomic E-state index is 13.1. The Morgan fingerprint density at radius 3 is 2.36 bits per heavy atom. The summed E-state index contributed by atoms with van der Waals surface area (Å²) in [4.78, 5) is 6.56. The molecule has 0 radical (unpaired) electrons. The highest BCUT2D eigenvalue weighted by molar-refractivity contribution is 7.15. The molecule has 1 N–H and O–H groups in total. The highest BCUT2D eigenvalue weighted by Crippen LogP contribution is 2.42. The average Bonchev–Trinajstić information content (AvgIpc) is 3.09. The van der Waals surface area contributed by atoms with Gasteiger partial charge in [-0.05, 0) is 36.8 Å². The minimum atomic E-state index is -4.76. The van der Waals surface area contributed by atoms with Crippen molar-refractivity contribution in [3.63, 3.8) is 0 Å². The van der Waals surface area contributed by atoms with Crippen LogP contribution in [0.2, 0.25) is 0 Å². The number of halogens is 6. The van der Waals surface area contributed by atoms with Crippen LogP contribution >= 0.6 is 11.3 Å². The van der Waals surface area contributed by atoms with Crippen LogP contribution in [0.5, 0.6) is 17.4 Å². The van der Waals surface area contributed by atoms with Crippen molar-refractivity contribution in [2.75, 3.05) is 0 Å². The summed E-state index contributed by atoms with van der Waals surface area (Å²) in [6.45, 7) is 1.42. The predicted octanol–water partition coefficient (Wildman–Crippen LogP) is 6.05. The SMILES string of the molecule is Cc1cc(-c2ccc(C(F)(F)F)s2)nc(Oc2ccncc2C(F)(F)F)c1O. The van der Waals surface area contributed by atoms with Gasteiger partial charge in [0.05, 0.1) is 10.6 Å². The third kappa shape index (κ3) is 4.03. The summed E-state index contributed by atoms with van der Waals surface area (Å²) in [5.41, 5.74) is -0.993. The van der Waals surface area contributed by atoms with Crippen LogP contribution in [0.25, 0.3) is 10.6 Å². The van der Waals surface area contributed by atoms with E-state index < -0.39 is 40.2 Å². The molecule has 0 spiro atoms. The van der Waals surface area contributed by atoms with E-state index in [1.165, 1.54) is 19.1 Å². The number of ether oxygens (including phenoxy) is 1. The molecule has 11 heteroatoms. The van der Waals surface area contributed by atoms with Crippen LogP contribution < -0.4 is 4.74 Å². The zero-order valence-electron chi connectivity index (χ0n) is 13.9. The fraction of sp³-hybridized carbons (Fsp3) is 0.176. The second kappa shape index (κ2) is 6.97. The first-order valence-electron chi connectivity index (χ1n) is 7.54. The van der Waals surface area contributed by atoms with Crippen molar-refractivity contribution in [3.05, 3.63) is 52.7 Å². The maximum Gasteiger partial charge on any atom is 0.425 e. The number of aryl methyl sites for hydroxylation is 1.